The SMILES string of the molecule is C[C@H](NC(=O)CNC(=O)c1ccccc1F)c1ccc2c(c1)OCCO2. The Labute approximate surface area is 150 Å². The second-order valence-corrected chi connectivity index (χ2v) is 5.85. The zero-order chi connectivity index (χ0) is 18.5. The Hall–Kier alpha value is -3.09. The van der Waals surface area contributed by atoms with E-state index in [1.807, 2.05) is 19.1 Å². The molecule has 0 bridgehead atoms. The molecule has 136 valence electrons. The van der Waals surface area contributed by atoms with Gasteiger partial charge in [0.25, 0.3) is 5.91 Å². The summed E-state index contributed by atoms with van der Waals surface area (Å²) in [6.07, 6.45) is 0. The van der Waals surface area contributed by atoms with Crippen LogP contribution < -0.4 is 20.1 Å². The first-order valence-corrected chi connectivity index (χ1v) is 8.26. The summed E-state index contributed by atoms with van der Waals surface area (Å²) in [7, 11) is 0. The van der Waals surface area contributed by atoms with E-state index in [1.54, 1.807) is 12.1 Å². The Balaban J connectivity index is 1.54. The normalized spacial score (nSPS) is 13.6. The quantitative estimate of drug-likeness (QED) is 0.859. The van der Waals surface area contributed by atoms with Crippen molar-refractivity contribution in [2.24, 2.45) is 0 Å². The van der Waals surface area contributed by atoms with E-state index in [9.17, 15) is 14.0 Å². The van der Waals surface area contributed by atoms with Gasteiger partial charge in [0.1, 0.15) is 19.0 Å². The van der Waals surface area contributed by atoms with E-state index in [4.69, 9.17) is 9.47 Å². The molecule has 0 fully saturated rings. The fourth-order valence-corrected chi connectivity index (χ4v) is 2.61. The number of rotatable bonds is 5. The minimum atomic E-state index is -0.634. The summed E-state index contributed by atoms with van der Waals surface area (Å²) in [6.45, 7) is 2.57. The van der Waals surface area contributed by atoms with Crippen LogP contribution in [0.25, 0.3) is 0 Å². The smallest absolute Gasteiger partial charge is 0.254 e. The summed E-state index contributed by atoms with van der Waals surface area (Å²) in [5, 5.41) is 5.19. The monoisotopic (exact) mass is 358 g/mol. The predicted octanol–water partition coefficient (Wildman–Crippen LogP) is 2.20. The van der Waals surface area contributed by atoms with Crippen LogP contribution in [0.15, 0.2) is 42.5 Å². The summed E-state index contributed by atoms with van der Waals surface area (Å²) in [5.41, 5.74) is 0.753. The third-order valence-corrected chi connectivity index (χ3v) is 3.97. The molecule has 2 N–H and O–H groups in total. The van der Waals surface area contributed by atoms with Crippen LogP contribution in [0.5, 0.6) is 11.5 Å². The minimum absolute atomic E-state index is 0.0971. The van der Waals surface area contributed by atoms with Crippen LogP contribution in [0.3, 0.4) is 0 Å². The van der Waals surface area contributed by atoms with Crippen LogP contribution in [0, 0.1) is 5.82 Å². The van der Waals surface area contributed by atoms with Crippen molar-refractivity contribution in [2.45, 2.75) is 13.0 Å². The van der Waals surface area contributed by atoms with E-state index in [-0.39, 0.29) is 24.1 Å². The lowest BCUT2D eigenvalue weighted by molar-refractivity contribution is -0.120. The third-order valence-electron chi connectivity index (χ3n) is 3.97. The second-order valence-electron chi connectivity index (χ2n) is 5.85. The van der Waals surface area contributed by atoms with Gasteiger partial charge in [-0.2, -0.15) is 0 Å². The molecule has 0 radical (unpaired) electrons. The minimum Gasteiger partial charge on any atom is -0.486 e. The van der Waals surface area contributed by atoms with Gasteiger partial charge in [0.05, 0.1) is 18.2 Å². The predicted molar refractivity (Wildman–Crippen MR) is 92.7 cm³/mol. The second kappa shape index (κ2) is 7.86. The number of amides is 2. The van der Waals surface area contributed by atoms with Crippen molar-refractivity contribution in [2.75, 3.05) is 19.8 Å². The van der Waals surface area contributed by atoms with Crippen LogP contribution in [0.1, 0.15) is 28.9 Å². The molecule has 0 saturated carbocycles. The van der Waals surface area contributed by atoms with Crippen LogP contribution in [-0.4, -0.2) is 31.6 Å². The van der Waals surface area contributed by atoms with Crippen LogP contribution >= 0.6 is 0 Å². The third kappa shape index (κ3) is 4.11. The average Bonchev–Trinajstić information content (AvgIpc) is 2.66. The van der Waals surface area contributed by atoms with Gasteiger partial charge in [0.2, 0.25) is 5.91 Å². The molecule has 0 spiro atoms. The molecule has 1 aliphatic heterocycles. The number of nitrogens with one attached hydrogen (secondary N) is 2. The maximum Gasteiger partial charge on any atom is 0.254 e. The highest BCUT2D eigenvalue weighted by Crippen LogP contribution is 2.32. The van der Waals surface area contributed by atoms with Gasteiger partial charge in [-0.15, -0.1) is 0 Å². The molecule has 2 aromatic rings. The standard InChI is InChI=1S/C19H19FN2O4/c1-12(13-6-7-16-17(10-13)26-9-8-25-16)22-18(23)11-21-19(24)14-4-2-3-5-15(14)20/h2-7,10,12H,8-9,11H2,1H3,(H,21,24)(H,22,23)/t12-/m0/s1. The highest BCUT2D eigenvalue weighted by atomic mass is 19.1. The van der Waals surface area contributed by atoms with E-state index in [2.05, 4.69) is 10.6 Å². The van der Waals surface area contributed by atoms with Gasteiger partial charge in [0.15, 0.2) is 11.5 Å². The molecule has 1 aliphatic rings. The lowest BCUT2D eigenvalue weighted by atomic mass is 10.1. The molecule has 0 unspecified atom stereocenters. The molecular formula is C19H19FN2O4. The van der Waals surface area contributed by atoms with E-state index in [1.165, 1.54) is 18.2 Å². The zero-order valence-corrected chi connectivity index (χ0v) is 14.3. The van der Waals surface area contributed by atoms with Gasteiger partial charge in [-0.3, -0.25) is 9.59 Å². The summed E-state index contributed by atoms with van der Waals surface area (Å²) < 4.78 is 24.5. The van der Waals surface area contributed by atoms with Crippen LogP contribution in [0.2, 0.25) is 0 Å². The topological polar surface area (TPSA) is 76.7 Å². The fourth-order valence-electron chi connectivity index (χ4n) is 2.61. The van der Waals surface area contributed by atoms with E-state index < -0.39 is 11.7 Å². The molecular weight excluding hydrogens is 339 g/mol. The van der Waals surface area contributed by atoms with Crippen molar-refractivity contribution in [1.29, 1.82) is 0 Å². The van der Waals surface area contributed by atoms with Gasteiger partial charge in [-0.05, 0) is 36.8 Å². The Morgan fingerprint density at radius 3 is 2.62 bits per heavy atom. The molecule has 6 nitrogen and oxygen atoms in total. The zero-order valence-electron chi connectivity index (χ0n) is 14.3. The van der Waals surface area contributed by atoms with Gasteiger partial charge in [-0.25, -0.2) is 4.39 Å². The largest absolute Gasteiger partial charge is 0.486 e. The number of carbonyl (C=O) groups is 2. The highest BCUT2D eigenvalue weighted by Gasteiger charge is 2.17. The Morgan fingerprint density at radius 1 is 1.12 bits per heavy atom. The van der Waals surface area contributed by atoms with Crippen LogP contribution in [-0.2, 0) is 4.79 Å². The first-order valence-electron chi connectivity index (χ1n) is 8.26. The van der Waals surface area contributed by atoms with Gasteiger partial charge < -0.3 is 20.1 Å². The molecule has 1 atom stereocenters. The average molecular weight is 358 g/mol. The molecule has 0 saturated heterocycles. The Morgan fingerprint density at radius 2 is 1.85 bits per heavy atom. The van der Waals surface area contributed by atoms with Crippen molar-refractivity contribution in [3.63, 3.8) is 0 Å². The lowest BCUT2D eigenvalue weighted by Crippen LogP contribution is -2.38. The Bertz CT molecular complexity index is 825. The lowest BCUT2D eigenvalue weighted by Gasteiger charge is -2.21. The number of hydrogen-bond donors (Lipinski definition) is 2. The molecule has 7 heteroatoms. The number of fused-ring (bicyclic) bond motifs is 1. The maximum atomic E-state index is 13.6. The number of halogens is 1. The molecule has 26 heavy (non-hydrogen) atoms. The van der Waals surface area contributed by atoms with Gasteiger partial charge >= 0.3 is 0 Å². The summed E-state index contributed by atoms with van der Waals surface area (Å²) in [6, 6.07) is 10.8. The van der Waals surface area contributed by atoms with E-state index in [0.717, 1.165) is 5.56 Å². The number of ether oxygens (including phenoxy) is 2. The van der Waals surface area contributed by atoms with Crippen molar-refractivity contribution in [3.8, 4) is 11.5 Å². The molecule has 2 aromatic carbocycles. The molecule has 3 rings (SSSR count). The summed E-state index contributed by atoms with van der Waals surface area (Å²) >= 11 is 0. The number of carbonyl (C=O) groups excluding carboxylic acids is 2. The molecule has 1 heterocycles. The summed E-state index contributed by atoms with van der Waals surface area (Å²) in [5.74, 6) is -0.323. The first kappa shape index (κ1) is 17.7. The van der Waals surface area contributed by atoms with Gasteiger partial charge in [0, 0.05) is 0 Å². The van der Waals surface area contributed by atoms with Crippen LogP contribution in [0.4, 0.5) is 4.39 Å². The number of benzene rings is 2. The van der Waals surface area contributed by atoms with Crippen molar-refractivity contribution in [3.05, 3.63) is 59.4 Å². The van der Waals surface area contributed by atoms with E-state index in [0.29, 0.717) is 24.7 Å². The number of hydrogen-bond acceptors (Lipinski definition) is 4. The molecule has 2 amide bonds. The molecule has 0 aliphatic carbocycles. The summed E-state index contributed by atoms with van der Waals surface area (Å²) in [4.78, 5) is 24.0. The van der Waals surface area contributed by atoms with Crippen molar-refractivity contribution in [1.82, 2.24) is 10.6 Å². The van der Waals surface area contributed by atoms with Crippen molar-refractivity contribution < 1.29 is 23.5 Å². The van der Waals surface area contributed by atoms with E-state index >= 15 is 0 Å². The maximum absolute atomic E-state index is 13.6. The van der Waals surface area contributed by atoms with Crippen molar-refractivity contribution >= 4 is 11.8 Å². The van der Waals surface area contributed by atoms with Gasteiger partial charge in [-0.1, -0.05) is 18.2 Å². The first-order chi connectivity index (χ1) is 12.5. The fraction of sp³-hybridized carbons (Fsp3) is 0.263. The molecule has 0 aromatic heterocycles. The highest BCUT2D eigenvalue weighted by molar-refractivity contribution is 5.96. The Kier molecular flexibility index (Phi) is 5.36.